The maximum absolute atomic E-state index is 14.6. The number of halogens is 3. The summed E-state index contributed by atoms with van der Waals surface area (Å²) in [5, 5.41) is 1.52. The maximum Gasteiger partial charge on any atom is 0.168 e. The first-order chi connectivity index (χ1) is 14.5. The molecular formula is C23H24ClF2NO3S. The molecule has 2 aromatic rings. The van der Waals surface area contributed by atoms with Gasteiger partial charge in [-0.05, 0) is 30.9 Å². The second-order valence-electron chi connectivity index (χ2n) is 7.27. The largest absolute Gasteiger partial charge is 0.294 e. The van der Waals surface area contributed by atoms with Crippen LogP contribution >= 0.6 is 11.6 Å². The van der Waals surface area contributed by atoms with E-state index in [-0.39, 0.29) is 23.6 Å². The van der Waals surface area contributed by atoms with Gasteiger partial charge in [0, 0.05) is 40.4 Å². The first kappa shape index (κ1) is 24.9. The van der Waals surface area contributed by atoms with Gasteiger partial charge in [0.25, 0.3) is 0 Å². The SMILES string of the molecule is CCC(=Nc1cc(F)c(C(=O)CC[C@H](C)/C=C/S(C)(=O)=O)cc1F)c1ccccc1Cl. The van der Waals surface area contributed by atoms with E-state index in [1.807, 2.05) is 6.92 Å². The minimum absolute atomic E-state index is 0.0475. The average molecular weight is 468 g/mol. The number of hydrogen-bond acceptors (Lipinski definition) is 4. The van der Waals surface area contributed by atoms with Crippen LogP contribution in [0.25, 0.3) is 0 Å². The quantitative estimate of drug-likeness (QED) is 0.321. The second kappa shape index (κ2) is 10.8. The standard InChI is InChI=1S/C23H24ClF2NO3S/c1-4-21(16-7-5-6-8-18(16)24)27-22-14-19(25)17(13-20(22)26)23(28)10-9-15(2)11-12-31(3,29)30/h5-8,11-15H,4,9-10H2,1-3H3/b12-11+,27-21?/t15-/m0/s1. The third-order valence-electron chi connectivity index (χ3n) is 4.59. The number of Topliss-reactive ketones (excluding diaryl/α,β-unsaturated/α-hetero) is 1. The summed E-state index contributed by atoms with van der Waals surface area (Å²) in [6.07, 6.45) is 3.24. The van der Waals surface area contributed by atoms with Crippen LogP contribution in [0.3, 0.4) is 0 Å². The molecule has 0 spiro atoms. The number of carbonyl (C=O) groups excluding carboxylic acids is 1. The predicted octanol–water partition coefficient (Wildman–Crippen LogP) is 6.31. The minimum atomic E-state index is -3.26. The van der Waals surface area contributed by atoms with Crippen molar-refractivity contribution >= 4 is 38.6 Å². The molecule has 0 aromatic heterocycles. The Labute approximate surface area is 186 Å². The Morgan fingerprint density at radius 3 is 2.45 bits per heavy atom. The van der Waals surface area contributed by atoms with Gasteiger partial charge < -0.3 is 0 Å². The molecule has 0 unspecified atom stereocenters. The van der Waals surface area contributed by atoms with E-state index < -0.39 is 27.3 Å². The van der Waals surface area contributed by atoms with Gasteiger partial charge >= 0.3 is 0 Å². The summed E-state index contributed by atoms with van der Waals surface area (Å²) < 4.78 is 51.5. The molecule has 0 bridgehead atoms. The van der Waals surface area contributed by atoms with E-state index in [0.29, 0.717) is 29.1 Å². The van der Waals surface area contributed by atoms with E-state index >= 15 is 0 Å². The van der Waals surface area contributed by atoms with Crippen LogP contribution in [0.4, 0.5) is 14.5 Å². The lowest BCUT2D eigenvalue weighted by Crippen LogP contribution is -2.06. The van der Waals surface area contributed by atoms with Gasteiger partial charge in [0.2, 0.25) is 0 Å². The van der Waals surface area contributed by atoms with Gasteiger partial charge in [-0.3, -0.25) is 4.79 Å². The maximum atomic E-state index is 14.6. The molecule has 0 radical (unpaired) electrons. The van der Waals surface area contributed by atoms with Crippen molar-refractivity contribution in [3.63, 3.8) is 0 Å². The van der Waals surface area contributed by atoms with Crippen molar-refractivity contribution in [2.24, 2.45) is 10.9 Å². The molecule has 0 saturated heterocycles. The highest BCUT2D eigenvalue weighted by molar-refractivity contribution is 7.93. The van der Waals surface area contributed by atoms with Crippen molar-refractivity contribution in [1.82, 2.24) is 0 Å². The molecule has 0 aliphatic carbocycles. The van der Waals surface area contributed by atoms with Crippen molar-refractivity contribution in [1.29, 1.82) is 0 Å². The van der Waals surface area contributed by atoms with Crippen molar-refractivity contribution in [2.75, 3.05) is 6.26 Å². The number of carbonyl (C=O) groups is 1. The number of benzene rings is 2. The molecule has 0 aliphatic rings. The Balaban J connectivity index is 2.22. The molecule has 2 aromatic carbocycles. The first-order valence-corrected chi connectivity index (χ1v) is 12.1. The summed E-state index contributed by atoms with van der Waals surface area (Å²) in [7, 11) is -3.26. The number of allylic oxidation sites excluding steroid dienone is 1. The minimum Gasteiger partial charge on any atom is -0.294 e. The lowest BCUT2D eigenvalue weighted by atomic mass is 9.99. The number of rotatable bonds is 9. The van der Waals surface area contributed by atoms with Gasteiger partial charge in [0.1, 0.15) is 17.3 Å². The third kappa shape index (κ3) is 7.36. The normalized spacial score (nSPS) is 13.5. The van der Waals surface area contributed by atoms with Crippen LogP contribution in [0.5, 0.6) is 0 Å². The topological polar surface area (TPSA) is 63.6 Å². The molecular weight excluding hydrogens is 444 g/mol. The van der Waals surface area contributed by atoms with Gasteiger partial charge in [-0.25, -0.2) is 22.2 Å². The first-order valence-electron chi connectivity index (χ1n) is 9.74. The van der Waals surface area contributed by atoms with Crippen LogP contribution in [-0.4, -0.2) is 26.2 Å². The summed E-state index contributed by atoms with van der Waals surface area (Å²) in [5.74, 6) is -2.45. The Morgan fingerprint density at radius 2 is 1.84 bits per heavy atom. The molecule has 8 heteroatoms. The van der Waals surface area contributed by atoms with Gasteiger partial charge in [-0.1, -0.05) is 49.7 Å². The smallest absolute Gasteiger partial charge is 0.168 e. The second-order valence-corrected chi connectivity index (χ2v) is 9.61. The zero-order valence-corrected chi connectivity index (χ0v) is 19.1. The van der Waals surface area contributed by atoms with E-state index in [1.165, 1.54) is 6.08 Å². The molecule has 0 N–H and O–H groups in total. The molecule has 0 amide bonds. The van der Waals surface area contributed by atoms with E-state index in [1.54, 1.807) is 31.2 Å². The number of hydrogen-bond donors (Lipinski definition) is 0. The zero-order valence-electron chi connectivity index (χ0n) is 17.5. The lowest BCUT2D eigenvalue weighted by molar-refractivity contribution is 0.0972. The Hall–Kier alpha value is -2.38. The van der Waals surface area contributed by atoms with Crippen molar-refractivity contribution in [3.05, 3.63) is 75.7 Å². The highest BCUT2D eigenvalue weighted by Crippen LogP contribution is 2.27. The monoisotopic (exact) mass is 467 g/mol. The van der Waals surface area contributed by atoms with Gasteiger partial charge in [-0.15, -0.1) is 0 Å². The summed E-state index contributed by atoms with van der Waals surface area (Å²) in [6, 6.07) is 8.73. The molecule has 2 rings (SSSR count). The average Bonchev–Trinajstić information content (AvgIpc) is 2.70. The highest BCUT2D eigenvalue weighted by atomic mass is 35.5. The molecule has 0 heterocycles. The van der Waals surface area contributed by atoms with Crippen molar-refractivity contribution < 1.29 is 22.0 Å². The predicted molar refractivity (Wildman–Crippen MR) is 121 cm³/mol. The van der Waals surface area contributed by atoms with Crippen LogP contribution in [0.15, 0.2) is 52.9 Å². The van der Waals surface area contributed by atoms with E-state index in [9.17, 15) is 22.0 Å². The fourth-order valence-corrected chi connectivity index (χ4v) is 3.67. The Bertz CT molecular complexity index is 1130. The fourth-order valence-electron chi connectivity index (χ4n) is 2.87. The number of sulfone groups is 1. The lowest BCUT2D eigenvalue weighted by Gasteiger charge is -2.10. The van der Waals surface area contributed by atoms with Gasteiger partial charge in [0.15, 0.2) is 15.6 Å². The van der Waals surface area contributed by atoms with Crippen LogP contribution in [0.2, 0.25) is 5.02 Å². The molecule has 166 valence electrons. The van der Waals surface area contributed by atoms with E-state index in [4.69, 9.17) is 11.6 Å². The van der Waals surface area contributed by atoms with Crippen LogP contribution < -0.4 is 0 Å². The molecule has 0 fully saturated rings. The summed E-state index contributed by atoms with van der Waals surface area (Å²) in [5.41, 5.74) is 0.555. The molecule has 4 nitrogen and oxygen atoms in total. The van der Waals surface area contributed by atoms with Crippen LogP contribution in [-0.2, 0) is 9.84 Å². The zero-order chi connectivity index (χ0) is 23.2. The van der Waals surface area contributed by atoms with Crippen LogP contribution in [0.1, 0.15) is 49.0 Å². The van der Waals surface area contributed by atoms with E-state index in [0.717, 1.165) is 23.8 Å². The van der Waals surface area contributed by atoms with Crippen molar-refractivity contribution in [2.45, 2.75) is 33.1 Å². The van der Waals surface area contributed by atoms with Gasteiger partial charge in [-0.2, -0.15) is 0 Å². The Morgan fingerprint density at radius 1 is 1.16 bits per heavy atom. The highest BCUT2D eigenvalue weighted by Gasteiger charge is 2.17. The molecule has 1 atom stereocenters. The molecule has 0 aliphatic heterocycles. The summed E-state index contributed by atoms with van der Waals surface area (Å²) in [6.45, 7) is 3.57. The number of aliphatic imine (C=N–C) groups is 1. The fraction of sp³-hybridized carbons (Fsp3) is 0.304. The third-order valence-corrected chi connectivity index (χ3v) is 5.57. The van der Waals surface area contributed by atoms with Crippen LogP contribution in [0, 0.1) is 17.6 Å². The van der Waals surface area contributed by atoms with Crippen molar-refractivity contribution in [3.8, 4) is 0 Å². The summed E-state index contributed by atoms with van der Waals surface area (Å²) in [4.78, 5) is 16.6. The molecule has 31 heavy (non-hydrogen) atoms. The number of ketones is 1. The molecule has 0 saturated carbocycles. The van der Waals surface area contributed by atoms with E-state index in [2.05, 4.69) is 4.99 Å². The summed E-state index contributed by atoms with van der Waals surface area (Å²) >= 11 is 6.18. The van der Waals surface area contributed by atoms with Gasteiger partial charge in [0.05, 0.1) is 5.56 Å². The number of nitrogens with zero attached hydrogens (tertiary/aromatic N) is 1. The Kier molecular flexibility index (Phi) is 8.65.